The lowest BCUT2D eigenvalue weighted by atomic mass is 10.1. The van der Waals surface area contributed by atoms with Gasteiger partial charge in [-0.1, -0.05) is 43.7 Å². The highest BCUT2D eigenvalue weighted by Crippen LogP contribution is 2.31. The Morgan fingerprint density at radius 3 is 2.60 bits per heavy atom. The fourth-order valence-corrected chi connectivity index (χ4v) is 3.16. The van der Waals surface area contributed by atoms with Gasteiger partial charge in [0.15, 0.2) is 5.13 Å². The summed E-state index contributed by atoms with van der Waals surface area (Å²) in [4.78, 5) is 28.9. The molecule has 1 amide bonds. The van der Waals surface area contributed by atoms with Gasteiger partial charge < -0.3 is 15.8 Å². The number of hydrogen-bond donors (Lipinski definition) is 2. The van der Waals surface area contributed by atoms with Crippen molar-refractivity contribution in [3.8, 4) is 11.3 Å². The van der Waals surface area contributed by atoms with Gasteiger partial charge in [0, 0.05) is 10.4 Å². The van der Waals surface area contributed by atoms with Gasteiger partial charge in [0.25, 0.3) is 0 Å². The molecule has 6 nitrogen and oxygen atoms in total. The maximum Gasteiger partial charge on any atom is 0.310 e. The quantitative estimate of drug-likeness (QED) is 0.716. The number of esters is 1. The summed E-state index contributed by atoms with van der Waals surface area (Å²) in [5.41, 5.74) is 7.38. The predicted molar refractivity (Wildman–Crippen MR) is 102 cm³/mol. The van der Waals surface area contributed by atoms with Gasteiger partial charge in [-0.05, 0) is 6.42 Å². The monoisotopic (exact) mass is 383 g/mol. The fraction of sp³-hybridized carbons (Fsp3) is 0.353. The number of carbonyl (C=O) groups excluding carboxylic acids is 2. The number of rotatable bonds is 7. The number of ether oxygens (including phenoxy) is 1. The van der Waals surface area contributed by atoms with Crippen molar-refractivity contribution < 1.29 is 14.3 Å². The minimum Gasteiger partial charge on any atom is -0.469 e. The van der Waals surface area contributed by atoms with Crippen molar-refractivity contribution in [2.75, 3.05) is 12.4 Å². The summed E-state index contributed by atoms with van der Waals surface area (Å²) in [6.45, 7) is 1.97. The Balaban J connectivity index is 0.00000312. The fourth-order valence-electron chi connectivity index (χ4n) is 2.19. The first-order valence-corrected chi connectivity index (χ1v) is 8.55. The van der Waals surface area contributed by atoms with Crippen molar-refractivity contribution in [3.63, 3.8) is 0 Å². The van der Waals surface area contributed by atoms with E-state index in [0.717, 1.165) is 16.9 Å². The molecule has 2 rings (SSSR count). The molecule has 1 aromatic carbocycles. The topological polar surface area (TPSA) is 94.3 Å². The first kappa shape index (κ1) is 21.1. The highest BCUT2D eigenvalue weighted by atomic mass is 35.5. The molecule has 0 fully saturated rings. The number of benzene rings is 1. The summed E-state index contributed by atoms with van der Waals surface area (Å²) in [6.07, 6.45) is 1.54. The van der Waals surface area contributed by atoms with Crippen molar-refractivity contribution in [3.05, 3.63) is 35.2 Å². The van der Waals surface area contributed by atoms with E-state index in [1.807, 2.05) is 37.3 Å². The highest BCUT2D eigenvalue weighted by molar-refractivity contribution is 7.16. The van der Waals surface area contributed by atoms with Gasteiger partial charge in [0.1, 0.15) is 0 Å². The maximum atomic E-state index is 12.1. The number of amides is 1. The molecule has 0 aliphatic heterocycles. The maximum absolute atomic E-state index is 12.1. The molecular weight excluding hydrogens is 362 g/mol. The van der Waals surface area contributed by atoms with E-state index in [-0.39, 0.29) is 30.7 Å². The molecule has 1 aromatic heterocycles. The van der Waals surface area contributed by atoms with Crippen LogP contribution in [-0.2, 0) is 20.7 Å². The molecular formula is C17H22ClN3O3S. The molecule has 25 heavy (non-hydrogen) atoms. The van der Waals surface area contributed by atoms with Crippen LogP contribution in [0.15, 0.2) is 30.3 Å². The molecule has 0 aliphatic carbocycles. The number of halogens is 1. The largest absolute Gasteiger partial charge is 0.469 e. The summed E-state index contributed by atoms with van der Waals surface area (Å²) in [5, 5.41) is 3.17. The van der Waals surface area contributed by atoms with E-state index in [1.165, 1.54) is 18.4 Å². The number of anilines is 1. The van der Waals surface area contributed by atoms with Crippen molar-refractivity contribution in [2.45, 2.75) is 32.2 Å². The van der Waals surface area contributed by atoms with Crippen LogP contribution in [0.25, 0.3) is 11.3 Å². The summed E-state index contributed by atoms with van der Waals surface area (Å²) in [7, 11) is 1.35. The normalized spacial score (nSPS) is 11.3. The highest BCUT2D eigenvalue weighted by Gasteiger charge is 2.19. The lowest BCUT2D eigenvalue weighted by molar-refractivity contribution is -0.139. The molecule has 1 heterocycles. The third-order valence-electron chi connectivity index (χ3n) is 3.44. The van der Waals surface area contributed by atoms with E-state index in [9.17, 15) is 9.59 Å². The van der Waals surface area contributed by atoms with Crippen LogP contribution in [0.1, 0.15) is 24.6 Å². The number of nitrogens with zero attached hydrogens (tertiary/aromatic N) is 1. The molecule has 0 saturated heterocycles. The zero-order valence-corrected chi connectivity index (χ0v) is 15.8. The second-order valence-electron chi connectivity index (χ2n) is 5.29. The van der Waals surface area contributed by atoms with Crippen LogP contribution in [0.2, 0.25) is 0 Å². The molecule has 0 bridgehead atoms. The van der Waals surface area contributed by atoms with Crippen LogP contribution in [0.3, 0.4) is 0 Å². The van der Waals surface area contributed by atoms with Gasteiger partial charge in [0.05, 0.1) is 25.3 Å². The van der Waals surface area contributed by atoms with Crippen LogP contribution in [-0.4, -0.2) is 30.0 Å². The minimum atomic E-state index is -0.567. The molecule has 2 aromatic rings. The van der Waals surface area contributed by atoms with Crippen molar-refractivity contribution in [1.29, 1.82) is 0 Å². The first-order chi connectivity index (χ1) is 11.5. The summed E-state index contributed by atoms with van der Waals surface area (Å²) < 4.78 is 4.74. The average Bonchev–Trinajstić information content (AvgIpc) is 2.97. The molecule has 1 atom stereocenters. The molecule has 0 spiro atoms. The van der Waals surface area contributed by atoms with Gasteiger partial charge in [0.2, 0.25) is 5.91 Å². The number of nitrogens with one attached hydrogen (secondary N) is 1. The Morgan fingerprint density at radius 2 is 2.00 bits per heavy atom. The Hall–Kier alpha value is -1.96. The first-order valence-electron chi connectivity index (χ1n) is 7.73. The van der Waals surface area contributed by atoms with Crippen molar-refractivity contribution in [1.82, 2.24) is 4.98 Å². The Labute approximate surface area is 157 Å². The SMILES string of the molecule is CCCC(N)C(=O)Nc1nc(-c2ccccc2)c(CC(=O)OC)s1.Cl. The summed E-state index contributed by atoms with van der Waals surface area (Å²) >= 11 is 1.26. The minimum absolute atomic E-state index is 0. The number of thiazole rings is 1. The lowest BCUT2D eigenvalue weighted by Gasteiger charge is -2.08. The zero-order chi connectivity index (χ0) is 17.5. The van der Waals surface area contributed by atoms with E-state index >= 15 is 0 Å². The number of carbonyl (C=O) groups is 2. The van der Waals surface area contributed by atoms with Crippen LogP contribution >= 0.6 is 23.7 Å². The molecule has 0 saturated carbocycles. The average molecular weight is 384 g/mol. The third kappa shape index (κ3) is 5.81. The van der Waals surface area contributed by atoms with Crippen molar-refractivity contribution in [2.24, 2.45) is 5.73 Å². The lowest BCUT2D eigenvalue weighted by Crippen LogP contribution is -2.35. The Bertz CT molecular complexity index is 706. The van der Waals surface area contributed by atoms with Gasteiger partial charge in [-0.3, -0.25) is 9.59 Å². The molecule has 1 unspecified atom stereocenters. The molecule has 3 N–H and O–H groups in total. The van der Waals surface area contributed by atoms with Gasteiger partial charge in [-0.2, -0.15) is 0 Å². The van der Waals surface area contributed by atoms with Crippen LogP contribution in [0, 0.1) is 0 Å². The summed E-state index contributed by atoms with van der Waals surface area (Å²) in [5.74, 6) is -0.619. The number of hydrogen-bond acceptors (Lipinski definition) is 6. The van der Waals surface area contributed by atoms with Crippen LogP contribution in [0.4, 0.5) is 5.13 Å². The van der Waals surface area contributed by atoms with Crippen LogP contribution < -0.4 is 11.1 Å². The van der Waals surface area contributed by atoms with E-state index in [0.29, 0.717) is 17.2 Å². The number of nitrogens with two attached hydrogens (primary N) is 1. The van der Waals surface area contributed by atoms with E-state index < -0.39 is 6.04 Å². The van der Waals surface area contributed by atoms with Crippen molar-refractivity contribution >= 4 is 40.8 Å². The Kier molecular flexibility index (Phi) is 8.54. The number of aromatic nitrogens is 1. The second kappa shape index (κ2) is 10.1. The smallest absolute Gasteiger partial charge is 0.310 e. The van der Waals surface area contributed by atoms with E-state index in [2.05, 4.69) is 10.3 Å². The standard InChI is InChI=1S/C17H21N3O3S.ClH/c1-3-7-12(18)16(22)20-17-19-15(11-8-5-4-6-9-11)13(24-17)10-14(21)23-2;/h4-6,8-9,12H,3,7,10,18H2,1-2H3,(H,19,20,22);1H. The molecule has 8 heteroatoms. The van der Waals surface area contributed by atoms with Crippen LogP contribution in [0.5, 0.6) is 0 Å². The van der Waals surface area contributed by atoms with E-state index in [4.69, 9.17) is 10.5 Å². The zero-order valence-electron chi connectivity index (χ0n) is 14.2. The third-order valence-corrected chi connectivity index (χ3v) is 4.41. The Morgan fingerprint density at radius 1 is 1.32 bits per heavy atom. The molecule has 0 radical (unpaired) electrons. The van der Waals surface area contributed by atoms with Gasteiger partial charge >= 0.3 is 5.97 Å². The number of methoxy groups -OCH3 is 1. The molecule has 136 valence electrons. The predicted octanol–water partition coefficient (Wildman–Crippen LogP) is 3.01. The van der Waals surface area contributed by atoms with Gasteiger partial charge in [-0.25, -0.2) is 4.98 Å². The second-order valence-corrected chi connectivity index (χ2v) is 6.38. The van der Waals surface area contributed by atoms with Gasteiger partial charge in [-0.15, -0.1) is 23.7 Å². The summed E-state index contributed by atoms with van der Waals surface area (Å²) in [6, 6.07) is 8.94. The molecule has 0 aliphatic rings. The van der Waals surface area contributed by atoms with E-state index in [1.54, 1.807) is 0 Å².